The van der Waals surface area contributed by atoms with Crippen LogP contribution >= 0.6 is 11.3 Å². The van der Waals surface area contributed by atoms with E-state index < -0.39 is 11.5 Å². The second-order valence-corrected chi connectivity index (χ2v) is 6.14. The Kier molecular flexibility index (Phi) is 4.98. The molecule has 1 aromatic heterocycles. The number of thiophene rings is 1. The Morgan fingerprint density at radius 1 is 1.23 bits per heavy atom. The minimum atomic E-state index is -1.40. The van der Waals surface area contributed by atoms with Crippen LogP contribution in [0.25, 0.3) is 0 Å². The first kappa shape index (κ1) is 16.2. The molecule has 0 saturated carbocycles. The molecule has 0 aliphatic carbocycles. The van der Waals surface area contributed by atoms with E-state index in [2.05, 4.69) is 5.32 Å². The molecule has 2 aromatic rings. The molecule has 0 fully saturated rings. The fourth-order valence-corrected chi connectivity index (χ4v) is 3.18. The SMILES string of the molecule is CCC(NC(=O)C(C)c1cccs1)(C(=O)O)c1ccccc1. The molecule has 0 aliphatic rings. The Balaban J connectivity index is 2.32. The number of nitrogens with one attached hydrogen (secondary N) is 1. The highest BCUT2D eigenvalue weighted by Crippen LogP contribution is 2.28. The third kappa shape index (κ3) is 3.04. The third-order valence-corrected chi connectivity index (χ3v) is 4.92. The second kappa shape index (κ2) is 6.75. The minimum Gasteiger partial charge on any atom is -0.479 e. The Bertz CT molecular complexity index is 639. The van der Waals surface area contributed by atoms with Crippen LogP contribution in [0.5, 0.6) is 0 Å². The normalized spacial score (nSPS) is 14.8. The van der Waals surface area contributed by atoms with E-state index in [1.54, 1.807) is 38.1 Å². The lowest BCUT2D eigenvalue weighted by Gasteiger charge is -2.31. The molecule has 116 valence electrons. The molecule has 0 bridgehead atoms. The maximum Gasteiger partial charge on any atom is 0.334 e. The van der Waals surface area contributed by atoms with Crippen molar-refractivity contribution >= 4 is 23.2 Å². The van der Waals surface area contributed by atoms with E-state index in [9.17, 15) is 14.7 Å². The zero-order chi connectivity index (χ0) is 16.2. The topological polar surface area (TPSA) is 66.4 Å². The van der Waals surface area contributed by atoms with Crippen molar-refractivity contribution in [2.75, 3.05) is 0 Å². The zero-order valence-electron chi connectivity index (χ0n) is 12.6. The summed E-state index contributed by atoms with van der Waals surface area (Å²) in [5.41, 5.74) is -0.819. The maximum absolute atomic E-state index is 12.5. The highest BCUT2D eigenvalue weighted by atomic mass is 32.1. The van der Waals surface area contributed by atoms with Crippen molar-refractivity contribution in [1.29, 1.82) is 0 Å². The largest absolute Gasteiger partial charge is 0.479 e. The number of carboxylic acid groups (broad SMARTS) is 1. The zero-order valence-corrected chi connectivity index (χ0v) is 13.4. The van der Waals surface area contributed by atoms with Gasteiger partial charge in [0.15, 0.2) is 5.54 Å². The van der Waals surface area contributed by atoms with Crippen LogP contribution in [-0.4, -0.2) is 17.0 Å². The smallest absolute Gasteiger partial charge is 0.334 e. The van der Waals surface area contributed by atoms with Crippen molar-refractivity contribution < 1.29 is 14.7 Å². The van der Waals surface area contributed by atoms with Crippen molar-refractivity contribution in [2.45, 2.75) is 31.7 Å². The molecular formula is C17H19NO3S. The highest BCUT2D eigenvalue weighted by molar-refractivity contribution is 7.10. The molecule has 0 radical (unpaired) electrons. The third-order valence-electron chi connectivity index (χ3n) is 3.86. The minimum absolute atomic E-state index is 0.273. The average Bonchev–Trinajstić information content (AvgIpc) is 3.06. The van der Waals surface area contributed by atoms with Gasteiger partial charge in [0.25, 0.3) is 0 Å². The highest BCUT2D eigenvalue weighted by Gasteiger charge is 2.41. The lowest BCUT2D eigenvalue weighted by Crippen LogP contribution is -2.52. The fourth-order valence-electron chi connectivity index (χ4n) is 2.40. The molecule has 0 spiro atoms. The number of carbonyl (C=O) groups is 2. The molecule has 2 N–H and O–H groups in total. The van der Waals surface area contributed by atoms with Gasteiger partial charge in [-0.05, 0) is 30.4 Å². The molecule has 0 aliphatic heterocycles. The van der Waals surface area contributed by atoms with Gasteiger partial charge in [0, 0.05) is 4.88 Å². The molecule has 4 nitrogen and oxygen atoms in total. The number of hydrogen-bond acceptors (Lipinski definition) is 3. The molecule has 2 rings (SSSR count). The molecular weight excluding hydrogens is 298 g/mol. The van der Waals surface area contributed by atoms with Gasteiger partial charge >= 0.3 is 5.97 Å². The van der Waals surface area contributed by atoms with Crippen molar-refractivity contribution in [2.24, 2.45) is 0 Å². The summed E-state index contributed by atoms with van der Waals surface area (Å²) in [6.45, 7) is 3.55. The Morgan fingerprint density at radius 3 is 2.41 bits per heavy atom. The van der Waals surface area contributed by atoms with Crippen LogP contribution in [0.4, 0.5) is 0 Å². The van der Waals surface area contributed by atoms with Gasteiger partial charge in [-0.1, -0.05) is 43.3 Å². The van der Waals surface area contributed by atoms with Crippen molar-refractivity contribution in [3.8, 4) is 0 Å². The quantitative estimate of drug-likeness (QED) is 0.858. The summed E-state index contributed by atoms with van der Waals surface area (Å²) in [6, 6.07) is 12.6. The summed E-state index contributed by atoms with van der Waals surface area (Å²) >= 11 is 1.49. The summed E-state index contributed by atoms with van der Waals surface area (Å²) in [5.74, 6) is -1.71. The molecule has 1 aromatic carbocycles. The lowest BCUT2D eigenvalue weighted by molar-refractivity contribution is -0.148. The van der Waals surface area contributed by atoms with Crippen LogP contribution in [0.3, 0.4) is 0 Å². The average molecular weight is 317 g/mol. The molecule has 1 amide bonds. The van der Waals surface area contributed by atoms with Crippen molar-refractivity contribution in [3.05, 3.63) is 58.3 Å². The maximum atomic E-state index is 12.5. The molecule has 2 atom stereocenters. The Hall–Kier alpha value is -2.14. The number of rotatable bonds is 6. The van der Waals surface area contributed by atoms with E-state index >= 15 is 0 Å². The molecule has 0 saturated heterocycles. The van der Waals surface area contributed by atoms with Gasteiger partial charge in [-0.25, -0.2) is 4.79 Å². The second-order valence-electron chi connectivity index (χ2n) is 5.16. The van der Waals surface area contributed by atoms with E-state index in [0.717, 1.165) is 4.88 Å². The summed E-state index contributed by atoms with van der Waals surface area (Å²) in [4.78, 5) is 25.3. The van der Waals surface area contributed by atoms with Crippen LogP contribution < -0.4 is 5.32 Å². The first-order chi connectivity index (χ1) is 10.5. The van der Waals surface area contributed by atoms with Crippen molar-refractivity contribution in [3.63, 3.8) is 0 Å². The summed E-state index contributed by atoms with van der Waals surface area (Å²) in [7, 11) is 0. The predicted molar refractivity (Wildman–Crippen MR) is 86.9 cm³/mol. The number of carboxylic acids is 1. The van der Waals surface area contributed by atoms with Gasteiger partial charge in [0.2, 0.25) is 5.91 Å². The van der Waals surface area contributed by atoms with Crippen LogP contribution in [0.1, 0.15) is 36.6 Å². The first-order valence-electron chi connectivity index (χ1n) is 7.15. The van der Waals surface area contributed by atoms with Crippen LogP contribution in [0.2, 0.25) is 0 Å². The van der Waals surface area contributed by atoms with E-state index in [1.165, 1.54) is 11.3 Å². The standard InChI is InChI=1S/C17H19NO3S/c1-3-17(16(20)21,13-8-5-4-6-9-13)18-15(19)12(2)14-10-7-11-22-14/h4-12H,3H2,1-2H3,(H,18,19)(H,20,21). The summed E-state index contributed by atoms with van der Waals surface area (Å²) in [5, 5.41) is 14.4. The van der Waals surface area contributed by atoms with Crippen LogP contribution in [0, 0.1) is 0 Å². The van der Waals surface area contributed by atoms with Gasteiger partial charge in [0.1, 0.15) is 0 Å². The molecule has 2 unspecified atom stereocenters. The molecule has 5 heteroatoms. The number of hydrogen-bond donors (Lipinski definition) is 2. The number of benzene rings is 1. The van der Waals surface area contributed by atoms with E-state index in [-0.39, 0.29) is 18.2 Å². The molecule has 1 heterocycles. The van der Waals surface area contributed by atoms with Crippen LogP contribution in [0.15, 0.2) is 47.8 Å². The number of carbonyl (C=O) groups excluding carboxylic acids is 1. The van der Waals surface area contributed by atoms with Gasteiger partial charge in [0.05, 0.1) is 5.92 Å². The molecule has 22 heavy (non-hydrogen) atoms. The van der Waals surface area contributed by atoms with Crippen molar-refractivity contribution in [1.82, 2.24) is 5.32 Å². The van der Waals surface area contributed by atoms with E-state index in [0.29, 0.717) is 5.56 Å². The Morgan fingerprint density at radius 2 is 1.91 bits per heavy atom. The Labute approximate surface area is 133 Å². The van der Waals surface area contributed by atoms with Crippen LogP contribution in [-0.2, 0) is 15.1 Å². The number of amides is 1. The summed E-state index contributed by atoms with van der Waals surface area (Å²) < 4.78 is 0. The fraction of sp³-hybridized carbons (Fsp3) is 0.294. The van der Waals surface area contributed by atoms with Gasteiger partial charge < -0.3 is 10.4 Å². The van der Waals surface area contributed by atoms with Gasteiger partial charge in [-0.3, -0.25) is 4.79 Å². The predicted octanol–water partition coefficient (Wildman–Crippen LogP) is 3.36. The summed E-state index contributed by atoms with van der Waals surface area (Å²) in [6.07, 6.45) is 0.273. The number of aliphatic carboxylic acids is 1. The lowest BCUT2D eigenvalue weighted by atomic mass is 9.86. The first-order valence-corrected chi connectivity index (χ1v) is 8.03. The van der Waals surface area contributed by atoms with Gasteiger partial charge in [-0.15, -0.1) is 11.3 Å². The van der Waals surface area contributed by atoms with E-state index in [1.807, 2.05) is 23.6 Å². The van der Waals surface area contributed by atoms with E-state index in [4.69, 9.17) is 0 Å². The van der Waals surface area contributed by atoms with Gasteiger partial charge in [-0.2, -0.15) is 0 Å². The monoisotopic (exact) mass is 317 g/mol.